The number of aromatic nitrogens is 5. The zero-order chi connectivity index (χ0) is 25.1. The fourth-order valence-corrected chi connectivity index (χ4v) is 3.70. The molecule has 0 saturated heterocycles. The Morgan fingerprint density at radius 1 is 0.722 bits per heavy atom. The predicted molar refractivity (Wildman–Crippen MR) is 135 cm³/mol. The van der Waals surface area contributed by atoms with Gasteiger partial charge in [-0.15, -0.1) is 20.4 Å². The van der Waals surface area contributed by atoms with Gasteiger partial charge in [0.15, 0.2) is 16.6 Å². The first-order chi connectivity index (χ1) is 17.4. The zero-order valence-electron chi connectivity index (χ0n) is 18.4. The molecule has 0 unspecified atom stereocenters. The second-order valence-electron chi connectivity index (χ2n) is 7.56. The summed E-state index contributed by atoms with van der Waals surface area (Å²) < 4.78 is 40.6. The number of hydrogen-bond donors (Lipinski definition) is 3. The molecule has 0 aliphatic carbocycles. The summed E-state index contributed by atoms with van der Waals surface area (Å²) in [4.78, 5) is 0. The Bertz CT molecular complexity index is 1520. The first-order valence-corrected chi connectivity index (χ1v) is 11.0. The van der Waals surface area contributed by atoms with Crippen LogP contribution in [0.4, 0.5) is 36.1 Å². The normalized spacial score (nSPS) is 11.3. The maximum Gasteiger partial charge on any atom is 0.452 e. The Labute approximate surface area is 208 Å². The molecule has 3 heterocycles. The number of nitrogens with one attached hydrogen (secondary N) is 3. The number of thiocarbonyl (C=S) groups is 1. The first-order valence-electron chi connectivity index (χ1n) is 10.6. The molecule has 0 aliphatic rings. The second-order valence-corrected chi connectivity index (χ2v) is 7.96. The number of hydrogen-bond acceptors (Lipinski definition) is 6. The average Bonchev–Trinajstić information content (AvgIpc) is 3.32. The minimum atomic E-state index is -4.63. The van der Waals surface area contributed by atoms with Gasteiger partial charge in [0.25, 0.3) is 0 Å². The van der Waals surface area contributed by atoms with Gasteiger partial charge in [-0.1, -0.05) is 42.5 Å². The van der Waals surface area contributed by atoms with Crippen LogP contribution in [0.5, 0.6) is 0 Å². The minimum Gasteiger partial charge on any atom is -0.351 e. The van der Waals surface area contributed by atoms with E-state index in [1.807, 2.05) is 36.4 Å². The van der Waals surface area contributed by atoms with Gasteiger partial charge in [-0.2, -0.15) is 13.2 Å². The molecule has 5 rings (SSSR count). The molecule has 12 heteroatoms. The molecule has 0 fully saturated rings. The van der Waals surface area contributed by atoms with Crippen LogP contribution < -0.4 is 16.0 Å². The molecule has 36 heavy (non-hydrogen) atoms. The van der Waals surface area contributed by atoms with Crippen molar-refractivity contribution < 1.29 is 13.2 Å². The van der Waals surface area contributed by atoms with Crippen molar-refractivity contribution in [1.82, 2.24) is 24.8 Å². The molecule has 0 saturated carbocycles. The van der Waals surface area contributed by atoms with Crippen molar-refractivity contribution >= 4 is 45.9 Å². The summed E-state index contributed by atoms with van der Waals surface area (Å²) in [7, 11) is 0. The molecule has 0 aliphatic heterocycles. The van der Waals surface area contributed by atoms with Crippen molar-refractivity contribution in [2.45, 2.75) is 6.18 Å². The molecule has 2 aromatic carbocycles. The summed E-state index contributed by atoms with van der Waals surface area (Å²) in [5, 5.41) is 24.8. The SMILES string of the molecule is FC(F)(F)c1nnc2c(Nc3ccccc3NC(=S)Nc3ccc(-c4ccccc4)nn3)cccn12. The Morgan fingerprint density at radius 2 is 1.44 bits per heavy atom. The van der Waals surface area contributed by atoms with Gasteiger partial charge in [-0.05, 0) is 48.6 Å². The number of para-hydroxylation sites is 2. The highest BCUT2D eigenvalue weighted by atomic mass is 32.1. The minimum absolute atomic E-state index is 0.0362. The summed E-state index contributed by atoms with van der Waals surface area (Å²) >= 11 is 5.42. The fourth-order valence-electron chi connectivity index (χ4n) is 3.48. The van der Waals surface area contributed by atoms with Gasteiger partial charge in [-0.25, -0.2) is 0 Å². The summed E-state index contributed by atoms with van der Waals surface area (Å²) in [5.41, 5.74) is 3.21. The van der Waals surface area contributed by atoms with Crippen LogP contribution in [0.25, 0.3) is 16.9 Å². The molecule has 0 radical (unpaired) electrons. The van der Waals surface area contributed by atoms with Gasteiger partial charge in [0.2, 0.25) is 5.82 Å². The Hall–Kier alpha value is -4.58. The van der Waals surface area contributed by atoms with Crippen LogP contribution in [-0.4, -0.2) is 29.9 Å². The van der Waals surface area contributed by atoms with Crippen LogP contribution >= 0.6 is 12.2 Å². The topological polar surface area (TPSA) is 92.1 Å². The standard InChI is InChI=1S/C24H17F3N8S/c25-24(26,27)22-34-33-21-19(11-6-14-35(21)22)28-17-9-4-5-10-18(17)29-23(36)30-20-13-12-16(31-32-20)15-7-2-1-3-8-15/h1-14,28H,(H2,29,30,32,36). The summed E-state index contributed by atoms with van der Waals surface area (Å²) in [5.74, 6) is -0.650. The van der Waals surface area contributed by atoms with Crippen molar-refractivity contribution in [2.75, 3.05) is 16.0 Å². The number of anilines is 4. The third-order valence-electron chi connectivity index (χ3n) is 5.11. The number of fused-ring (bicyclic) bond motifs is 1. The number of halogens is 3. The highest BCUT2D eigenvalue weighted by Crippen LogP contribution is 2.31. The monoisotopic (exact) mass is 506 g/mol. The van der Waals surface area contributed by atoms with E-state index in [2.05, 4.69) is 36.3 Å². The van der Waals surface area contributed by atoms with Crippen LogP contribution in [-0.2, 0) is 6.18 Å². The van der Waals surface area contributed by atoms with E-state index in [0.717, 1.165) is 15.7 Å². The molecule has 3 N–H and O–H groups in total. The molecular weight excluding hydrogens is 489 g/mol. The number of alkyl halides is 3. The van der Waals surface area contributed by atoms with E-state index in [1.54, 1.807) is 36.4 Å². The highest BCUT2D eigenvalue weighted by molar-refractivity contribution is 7.80. The largest absolute Gasteiger partial charge is 0.452 e. The lowest BCUT2D eigenvalue weighted by atomic mass is 10.1. The molecule has 180 valence electrons. The van der Waals surface area contributed by atoms with Crippen LogP contribution in [0.15, 0.2) is 85.1 Å². The quantitative estimate of drug-likeness (QED) is 0.259. The van der Waals surface area contributed by atoms with Crippen molar-refractivity contribution in [1.29, 1.82) is 0 Å². The van der Waals surface area contributed by atoms with Crippen LogP contribution in [0.2, 0.25) is 0 Å². The highest BCUT2D eigenvalue weighted by Gasteiger charge is 2.37. The van der Waals surface area contributed by atoms with Crippen molar-refractivity contribution in [2.24, 2.45) is 0 Å². The van der Waals surface area contributed by atoms with Crippen molar-refractivity contribution in [3.05, 3.63) is 90.9 Å². The lowest BCUT2D eigenvalue weighted by Crippen LogP contribution is -2.20. The van der Waals surface area contributed by atoms with Gasteiger partial charge in [0.05, 0.1) is 22.8 Å². The molecular formula is C24H17F3N8S. The summed E-state index contributed by atoms with van der Waals surface area (Å²) in [6, 6.07) is 23.4. The maximum atomic E-state index is 13.2. The van der Waals surface area contributed by atoms with E-state index in [1.165, 1.54) is 12.3 Å². The van der Waals surface area contributed by atoms with Gasteiger partial charge >= 0.3 is 6.18 Å². The van der Waals surface area contributed by atoms with Crippen molar-refractivity contribution in [3.63, 3.8) is 0 Å². The fraction of sp³-hybridized carbons (Fsp3) is 0.0417. The summed E-state index contributed by atoms with van der Waals surface area (Å²) in [6.07, 6.45) is -3.37. The molecule has 0 amide bonds. The number of benzene rings is 2. The van der Waals surface area contributed by atoms with Crippen LogP contribution in [0.1, 0.15) is 5.82 Å². The van der Waals surface area contributed by atoms with E-state index in [4.69, 9.17) is 12.2 Å². The first kappa shape index (κ1) is 23.2. The van der Waals surface area contributed by atoms with Gasteiger partial charge in [0.1, 0.15) is 0 Å². The third kappa shape index (κ3) is 4.93. The maximum absolute atomic E-state index is 13.2. The lowest BCUT2D eigenvalue weighted by molar-refractivity contribution is -0.145. The predicted octanol–water partition coefficient (Wildman–Crippen LogP) is 5.76. The van der Waals surface area contributed by atoms with Crippen LogP contribution in [0, 0.1) is 0 Å². The third-order valence-corrected chi connectivity index (χ3v) is 5.31. The molecule has 0 atom stereocenters. The molecule has 0 spiro atoms. The van der Waals surface area contributed by atoms with Crippen LogP contribution in [0.3, 0.4) is 0 Å². The van der Waals surface area contributed by atoms with E-state index < -0.39 is 12.0 Å². The molecule has 8 nitrogen and oxygen atoms in total. The van der Waals surface area contributed by atoms with E-state index in [0.29, 0.717) is 22.9 Å². The number of rotatable bonds is 5. The number of nitrogens with zero attached hydrogens (tertiary/aromatic N) is 5. The van der Waals surface area contributed by atoms with Gasteiger partial charge in [0, 0.05) is 11.8 Å². The molecule has 0 bridgehead atoms. The Kier molecular flexibility index (Phi) is 6.17. The average molecular weight is 507 g/mol. The zero-order valence-corrected chi connectivity index (χ0v) is 19.2. The Morgan fingerprint density at radius 3 is 2.17 bits per heavy atom. The number of pyridine rings is 1. The lowest BCUT2D eigenvalue weighted by Gasteiger charge is -2.15. The van der Waals surface area contributed by atoms with Gasteiger partial charge in [-0.3, -0.25) is 4.40 Å². The van der Waals surface area contributed by atoms with E-state index >= 15 is 0 Å². The van der Waals surface area contributed by atoms with E-state index in [9.17, 15) is 13.2 Å². The van der Waals surface area contributed by atoms with E-state index in [-0.39, 0.29) is 10.8 Å². The molecule has 5 aromatic rings. The summed E-state index contributed by atoms with van der Waals surface area (Å²) in [6.45, 7) is 0. The second kappa shape index (κ2) is 9.58. The van der Waals surface area contributed by atoms with Crippen molar-refractivity contribution in [3.8, 4) is 11.3 Å². The van der Waals surface area contributed by atoms with Gasteiger partial charge < -0.3 is 16.0 Å². The Balaban J connectivity index is 1.32. The molecule has 3 aromatic heterocycles. The smallest absolute Gasteiger partial charge is 0.351 e.